The van der Waals surface area contributed by atoms with Gasteiger partial charge in [-0.3, -0.25) is 4.79 Å². The molecule has 5 heteroatoms. The third-order valence-corrected chi connectivity index (χ3v) is 4.51. The van der Waals surface area contributed by atoms with Crippen LogP contribution < -0.4 is 4.90 Å². The van der Waals surface area contributed by atoms with E-state index in [4.69, 9.17) is 4.74 Å². The van der Waals surface area contributed by atoms with Crippen LogP contribution in [0.4, 0.5) is 5.13 Å². The monoisotopic (exact) mass is 298 g/mol. The molecule has 1 unspecified atom stereocenters. The molecular weight excluding hydrogens is 272 g/mol. The molecule has 0 saturated carbocycles. The molecule has 1 aromatic rings. The second-order valence-electron chi connectivity index (χ2n) is 5.40. The third kappa shape index (κ3) is 3.51. The van der Waals surface area contributed by atoms with Crippen molar-refractivity contribution >= 4 is 22.4 Å². The van der Waals surface area contributed by atoms with Crippen molar-refractivity contribution in [3.63, 3.8) is 0 Å². The van der Waals surface area contributed by atoms with Gasteiger partial charge in [0.25, 0.3) is 0 Å². The van der Waals surface area contributed by atoms with E-state index in [1.165, 1.54) is 0 Å². The Morgan fingerprint density at radius 1 is 1.45 bits per heavy atom. The Morgan fingerprint density at radius 3 is 2.60 bits per heavy atom. The Labute approximate surface area is 126 Å². The van der Waals surface area contributed by atoms with Gasteiger partial charge in [-0.1, -0.05) is 6.92 Å². The van der Waals surface area contributed by atoms with Gasteiger partial charge in [0.15, 0.2) is 5.13 Å². The average Bonchev–Trinajstić information content (AvgIpc) is 2.89. The Kier molecular flexibility index (Phi) is 5.99. The fourth-order valence-corrected chi connectivity index (χ4v) is 3.12. The van der Waals surface area contributed by atoms with Gasteiger partial charge in [0.05, 0.1) is 12.3 Å². The lowest BCUT2D eigenvalue weighted by Crippen LogP contribution is -2.33. The van der Waals surface area contributed by atoms with Crippen molar-refractivity contribution in [2.24, 2.45) is 0 Å². The molecule has 0 spiro atoms. The highest BCUT2D eigenvalue weighted by atomic mass is 32.1. The van der Waals surface area contributed by atoms with Gasteiger partial charge in [0, 0.05) is 18.0 Å². The van der Waals surface area contributed by atoms with Crippen LogP contribution in [0.3, 0.4) is 0 Å². The van der Waals surface area contributed by atoms with E-state index < -0.39 is 5.41 Å². The number of carbonyl (C=O) groups is 1. The van der Waals surface area contributed by atoms with Gasteiger partial charge in [-0.25, -0.2) is 4.98 Å². The number of anilines is 1. The van der Waals surface area contributed by atoms with Gasteiger partial charge < -0.3 is 9.64 Å². The molecule has 0 aromatic carbocycles. The molecule has 1 heterocycles. The Bertz CT molecular complexity index is 443. The Hall–Kier alpha value is -1.10. The predicted octanol–water partition coefficient (Wildman–Crippen LogP) is 3.61. The highest BCUT2D eigenvalue weighted by Crippen LogP contribution is 2.31. The van der Waals surface area contributed by atoms with Crippen LogP contribution in [0, 0.1) is 0 Å². The first-order valence-electron chi connectivity index (χ1n) is 7.28. The van der Waals surface area contributed by atoms with Crippen molar-refractivity contribution < 1.29 is 9.53 Å². The van der Waals surface area contributed by atoms with Gasteiger partial charge in [-0.2, -0.15) is 0 Å². The zero-order valence-corrected chi connectivity index (χ0v) is 14.2. The van der Waals surface area contributed by atoms with Crippen LogP contribution in [-0.4, -0.2) is 30.1 Å². The Morgan fingerprint density at radius 2 is 2.10 bits per heavy atom. The lowest BCUT2D eigenvalue weighted by molar-refractivity contribution is -0.148. The molecule has 1 rings (SSSR count). The first-order valence-corrected chi connectivity index (χ1v) is 8.16. The van der Waals surface area contributed by atoms with Crippen molar-refractivity contribution in [2.45, 2.75) is 59.4 Å². The summed E-state index contributed by atoms with van der Waals surface area (Å²) in [6, 6.07) is 0.449. The molecule has 0 saturated heterocycles. The van der Waals surface area contributed by atoms with E-state index in [1.807, 2.05) is 26.2 Å². The van der Waals surface area contributed by atoms with Crippen molar-refractivity contribution in [1.82, 2.24) is 4.98 Å². The molecule has 0 amide bonds. The quantitative estimate of drug-likeness (QED) is 0.721. The maximum atomic E-state index is 12.0. The van der Waals surface area contributed by atoms with Crippen molar-refractivity contribution in [3.8, 4) is 0 Å². The van der Waals surface area contributed by atoms with Crippen LogP contribution in [-0.2, 0) is 14.9 Å². The molecule has 0 bridgehead atoms. The first kappa shape index (κ1) is 17.0. The number of carbonyl (C=O) groups excluding carboxylic acids is 1. The molecule has 4 nitrogen and oxygen atoms in total. The van der Waals surface area contributed by atoms with E-state index in [0.717, 1.165) is 23.8 Å². The normalized spacial score (nSPS) is 13.1. The summed E-state index contributed by atoms with van der Waals surface area (Å²) in [5.41, 5.74) is 0.0947. The standard InChI is InChI=1S/C15H26N2O2S/c1-7-11(4)17(8-2)14-16-12(10-20-14)15(5,6)13(18)19-9-3/h10-11H,7-9H2,1-6H3. The summed E-state index contributed by atoms with van der Waals surface area (Å²) < 4.78 is 5.14. The zero-order chi connectivity index (χ0) is 15.3. The number of hydrogen-bond donors (Lipinski definition) is 0. The molecule has 0 radical (unpaired) electrons. The van der Waals surface area contributed by atoms with E-state index >= 15 is 0 Å². The number of hydrogen-bond acceptors (Lipinski definition) is 5. The van der Waals surface area contributed by atoms with Crippen LogP contribution in [0.2, 0.25) is 0 Å². The number of thiazole rings is 1. The van der Waals surface area contributed by atoms with Crippen molar-refractivity contribution in [2.75, 3.05) is 18.1 Å². The minimum absolute atomic E-state index is 0.219. The molecule has 0 aliphatic rings. The van der Waals surface area contributed by atoms with Crippen molar-refractivity contribution in [1.29, 1.82) is 0 Å². The molecule has 0 fully saturated rings. The summed E-state index contributed by atoms with van der Waals surface area (Å²) in [4.78, 5) is 19.0. The van der Waals surface area contributed by atoms with Crippen LogP contribution >= 0.6 is 11.3 Å². The molecule has 20 heavy (non-hydrogen) atoms. The molecule has 1 aromatic heterocycles. The lowest BCUT2D eigenvalue weighted by atomic mass is 9.90. The van der Waals surface area contributed by atoms with E-state index in [9.17, 15) is 4.79 Å². The molecule has 0 aliphatic carbocycles. The highest BCUT2D eigenvalue weighted by molar-refractivity contribution is 7.13. The summed E-state index contributed by atoms with van der Waals surface area (Å²) in [7, 11) is 0. The summed E-state index contributed by atoms with van der Waals surface area (Å²) in [6.45, 7) is 13.4. The fourth-order valence-electron chi connectivity index (χ4n) is 1.96. The maximum Gasteiger partial charge on any atom is 0.317 e. The van der Waals surface area contributed by atoms with Gasteiger partial charge in [0.2, 0.25) is 0 Å². The maximum absolute atomic E-state index is 12.0. The third-order valence-electron chi connectivity index (χ3n) is 3.63. The first-order chi connectivity index (χ1) is 9.38. The largest absolute Gasteiger partial charge is 0.465 e. The minimum atomic E-state index is -0.695. The van der Waals surface area contributed by atoms with Gasteiger partial charge in [-0.05, 0) is 41.0 Å². The molecule has 1 atom stereocenters. The van der Waals surface area contributed by atoms with Crippen molar-refractivity contribution in [3.05, 3.63) is 11.1 Å². The van der Waals surface area contributed by atoms with Gasteiger partial charge >= 0.3 is 5.97 Å². The predicted molar refractivity (Wildman–Crippen MR) is 84.5 cm³/mol. The molecule has 114 valence electrons. The van der Waals surface area contributed by atoms with E-state index in [1.54, 1.807) is 11.3 Å². The van der Waals surface area contributed by atoms with Gasteiger partial charge in [-0.15, -0.1) is 11.3 Å². The number of nitrogens with zero attached hydrogens (tertiary/aromatic N) is 2. The second kappa shape index (κ2) is 7.07. The average molecular weight is 298 g/mol. The molecule has 0 N–H and O–H groups in total. The number of esters is 1. The lowest BCUT2D eigenvalue weighted by Gasteiger charge is -2.26. The van der Waals surface area contributed by atoms with Gasteiger partial charge in [0.1, 0.15) is 5.41 Å². The molecular formula is C15H26N2O2S. The Balaban J connectivity index is 2.98. The van der Waals surface area contributed by atoms with E-state index in [-0.39, 0.29) is 5.97 Å². The topological polar surface area (TPSA) is 42.4 Å². The summed E-state index contributed by atoms with van der Waals surface area (Å²) in [5.74, 6) is -0.219. The smallest absolute Gasteiger partial charge is 0.317 e. The second-order valence-corrected chi connectivity index (χ2v) is 6.24. The number of rotatable bonds is 7. The van der Waals surface area contributed by atoms with Crippen LogP contribution in [0.15, 0.2) is 5.38 Å². The summed E-state index contributed by atoms with van der Waals surface area (Å²) >= 11 is 1.60. The highest BCUT2D eigenvalue weighted by Gasteiger charge is 2.34. The van der Waals surface area contributed by atoms with Crippen LogP contribution in [0.25, 0.3) is 0 Å². The SMILES string of the molecule is CCOC(=O)C(C)(C)c1csc(N(CC)C(C)CC)n1. The minimum Gasteiger partial charge on any atom is -0.465 e. The van der Waals surface area contributed by atoms with Crippen LogP contribution in [0.5, 0.6) is 0 Å². The zero-order valence-electron chi connectivity index (χ0n) is 13.4. The number of aromatic nitrogens is 1. The van der Waals surface area contributed by atoms with E-state index in [2.05, 4.69) is 30.7 Å². The number of ether oxygens (including phenoxy) is 1. The summed E-state index contributed by atoms with van der Waals surface area (Å²) in [5, 5.41) is 2.95. The summed E-state index contributed by atoms with van der Waals surface area (Å²) in [6.07, 6.45) is 1.07. The fraction of sp³-hybridized carbons (Fsp3) is 0.733. The molecule has 0 aliphatic heterocycles. The van der Waals surface area contributed by atoms with Crippen LogP contribution in [0.1, 0.15) is 53.7 Å². The van der Waals surface area contributed by atoms with E-state index in [0.29, 0.717) is 12.6 Å².